The van der Waals surface area contributed by atoms with Crippen LogP contribution in [0.15, 0.2) is 24.5 Å². The van der Waals surface area contributed by atoms with E-state index in [1.165, 1.54) is 29.2 Å². The van der Waals surface area contributed by atoms with Gasteiger partial charge in [0.2, 0.25) is 0 Å². The van der Waals surface area contributed by atoms with Gasteiger partial charge in [-0.1, -0.05) is 0 Å². The summed E-state index contributed by atoms with van der Waals surface area (Å²) in [5, 5.41) is 12.9. The molecule has 0 atom stereocenters. The maximum absolute atomic E-state index is 10.9. The fourth-order valence-corrected chi connectivity index (χ4v) is 1.47. The predicted molar refractivity (Wildman–Crippen MR) is 61.6 cm³/mol. The lowest BCUT2D eigenvalue weighted by atomic mass is 10.2. The predicted octanol–water partition coefficient (Wildman–Crippen LogP) is 0.373. The number of aromatic carboxylic acids is 1. The Morgan fingerprint density at radius 1 is 1.33 bits per heavy atom. The second-order valence-electron chi connectivity index (χ2n) is 3.70. The Bertz CT molecular complexity index is 633. The third-order valence-electron chi connectivity index (χ3n) is 2.29. The molecule has 0 radical (unpaired) electrons. The van der Waals surface area contributed by atoms with Gasteiger partial charge in [0.1, 0.15) is 0 Å². The normalized spacial score (nSPS) is 10.3. The van der Waals surface area contributed by atoms with E-state index in [0.29, 0.717) is 11.5 Å². The molecule has 0 aromatic carbocycles. The fraction of sp³-hybridized carbons (Fsp3) is 0.0909. The third kappa shape index (κ3) is 2.19. The molecule has 0 bridgehead atoms. The van der Waals surface area contributed by atoms with Gasteiger partial charge in [0.15, 0.2) is 5.82 Å². The van der Waals surface area contributed by atoms with E-state index in [-0.39, 0.29) is 11.1 Å². The van der Waals surface area contributed by atoms with Crippen molar-refractivity contribution >= 4 is 11.9 Å². The molecule has 18 heavy (non-hydrogen) atoms. The van der Waals surface area contributed by atoms with Crippen LogP contribution in [0.1, 0.15) is 26.4 Å². The molecule has 0 aliphatic carbocycles. The molecular formula is C11H10N4O3. The molecular weight excluding hydrogens is 236 g/mol. The van der Waals surface area contributed by atoms with E-state index in [1.807, 2.05) is 0 Å². The summed E-state index contributed by atoms with van der Waals surface area (Å²) in [5.74, 6) is -1.34. The van der Waals surface area contributed by atoms with Crippen LogP contribution in [-0.4, -0.2) is 31.7 Å². The molecule has 0 unspecified atom stereocenters. The van der Waals surface area contributed by atoms with Gasteiger partial charge >= 0.3 is 5.97 Å². The van der Waals surface area contributed by atoms with Crippen LogP contribution in [-0.2, 0) is 0 Å². The van der Waals surface area contributed by atoms with Crippen molar-refractivity contribution < 1.29 is 14.7 Å². The molecule has 0 aliphatic rings. The summed E-state index contributed by atoms with van der Waals surface area (Å²) in [7, 11) is 0. The van der Waals surface area contributed by atoms with Crippen LogP contribution < -0.4 is 5.73 Å². The molecule has 0 spiro atoms. The van der Waals surface area contributed by atoms with Crippen molar-refractivity contribution in [3.05, 3.63) is 41.3 Å². The largest absolute Gasteiger partial charge is 0.478 e. The van der Waals surface area contributed by atoms with Gasteiger partial charge in [-0.3, -0.25) is 4.79 Å². The Morgan fingerprint density at radius 3 is 2.61 bits per heavy atom. The first kappa shape index (κ1) is 11.8. The van der Waals surface area contributed by atoms with Crippen LogP contribution in [0.25, 0.3) is 5.82 Å². The quantitative estimate of drug-likeness (QED) is 0.812. The van der Waals surface area contributed by atoms with Crippen molar-refractivity contribution in [3.8, 4) is 5.82 Å². The lowest BCUT2D eigenvalue weighted by molar-refractivity contribution is 0.0696. The number of hydrogen-bond acceptors (Lipinski definition) is 4. The van der Waals surface area contributed by atoms with Crippen molar-refractivity contribution in [1.29, 1.82) is 0 Å². The molecule has 7 nitrogen and oxygen atoms in total. The van der Waals surface area contributed by atoms with Crippen LogP contribution in [0, 0.1) is 6.92 Å². The first-order chi connectivity index (χ1) is 8.47. The van der Waals surface area contributed by atoms with Crippen molar-refractivity contribution in [3.63, 3.8) is 0 Å². The summed E-state index contributed by atoms with van der Waals surface area (Å²) >= 11 is 0. The van der Waals surface area contributed by atoms with E-state index >= 15 is 0 Å². The number of hydrogen-bond donors (Lipinski definition) is 2. The van der Waals surface area contributed by atoms with Crippen molar-refractivity contribution in [1.82, 2.24) is 14.8 Å². The Balaban J connectivity index is 2.49. The minimum absolute atomic E-state index is 0.105. The second kappa shape index (κ2) is 4.28. The highest BCUT2D eigenvalue weighted by Crippen LogP contribution is 2.10. The maximum atomic E-state index is 10.9. The standard InChI is InChI=1S/C11H10N4O3/c1-6-2-7(11(17)18)3-9(14-6)15-5-8(4-13-15)10(12)16/h2-5H,1H3,(H2,12,16)(H,17,18). The molecule has 2 heterocycles. The highest BCUT2D eigenvalue weighted by Gasteiger charge is 2.10. The number of primary amides is 1. The van der Waals surface area contributed by atoms with E-state index in [1.54, 1.807) is 6.92 Å². The molecule has 2 aromatic rings. The minimum Gasteiger partial charge on any atom is -0.478 e. The van der Waals surface area contributed by atoms with E-state index in [9.17, 15) is 9.59 Å². The fourth-order valence-electron chi connectivity index (χ4n) is 1.47. The summed E-state index contributed by atoms with van der Waals surface area (Å²) in [6.45, 7) is 1.68. The van der Waals surface area contributed by atoms with Crippen LogP contribution in [0.4, 0.5) is 0 Å². The number of carboxylic acids is 1. The van der Waals surface area contributed by atoms with E-state index < -0.39 is 11.9 Å². The molecule has 0 aliphatic heterocycles. The molecule has 0 saturated heterocycles. The number of aromatic nitrogens is 3. The number of carbonyl (C=O) groups is 2. The van der Waals surface area contributed by atoms with Crippen molar-refractivity contribution in [2.75, 3.05) is 0 Å². The Labute approximate surface area is 102 Å². The van der Waals surface area contributed by atoms with Crippen LogP contribution in [0.3, 0.4) is 0 Å². The summed E-state index contributed by atoms with van der Waals surface area (Å²) in [4.78, 5) is 26.0. The number of aryl methyl sites for hydroxylation is 1. The number of amides is 1. The average Bonchev–Trinajstić information content (AvgIpc) is 2.77. The van der Waals surface area contributed by atoms with Crippen LogP contribution in [0.5, 0.6) is 0 Å². The summed E-state index contributed by atoms with van der Waals surface area (Å²) in [6.07, 6.45) is 2.70. The van der Waals surface area contributed by atoms with Crippen molar-refractivity contribution in [2.45, 2.75) is 6.92 Å². The summed E-state index contributed by atoms with van der Waals surface area (Å²) in [5.41, 5.74) is 5.99. The van der Waals surface area contributed by atoms with Gasteiger partial charge in [0.05, 0.1) is 17.3 Å². The molecule has 3 N–H and O–H groups in total. The maximum Gasteiger partial charge on any atom is 0.335 e. The number of carboxylic acid groups (broad SMARTS) is 1. The lowest BCUT2D eigenvalue weighted by Gasteiger charge is -2.03. The van der Waals surface area contributed by atoms with Gasteiger partial charge in [0.25, 0.3) is 5.91 Å². The zero-order valence-corrected chi connectivity index (χ0v) is 9.49. The molecule has 2 aromatic heterocycles. The number of pyridine rings is 1. The molecule has 1 amide bonds. The van der Waals surface area contributed by atoms with Crippen molar-refractivity contribution in [2.24, 2.45) is 5.73 Å². The molecule has 0 fully saturated rings. The van der Waals surface area contributed by atoms with E-state index in [4.69, 9.17) is 10.8 Å². The first-order valence-corrected chi connectivity index (χ1v) is 5.04. The van der Waals surface area contributed by atoms with Gasteiger partial charge < -0.3 is 10.8 Å². The second-order valence-corrected chi connectivity index (χ2v) is 3.70. The number of nitrogens with zero attached hydrogens (tertiary/aromatic N) is 3. The SMILES string of the molecule is Cc1cc(C(=O)O)cc(-n2cc(C(N)=O)cn2)n1. The van der Waals surface area contributed by atoms with E-state index in [2.05, 4.69) is 10.1 Å². The minimum atomic E-state index is -1.05. The molecule has 7 heteroatoms. The van der Waals surface area contributed by atoms with E-state index in [0.717, 1.165) is 0 Å². The smallest absolute Gasteiger partial charge is 0.335 e. The van der Waals surface area contributed by atoms with Crippen LogP contribution >= 0.6 is 0 Å². The summed E-state index contributed by atoms with van der Waals surface area (Å²) in [6, 6.07) is 2.82. The number of nitrogens with two attached hydrogens (primary N) is 1. The van der Waals surface area contributed by atoms with Gasteiger partial charge in [-0.15, -0.1) is 0 Å². The monoisotopic (exact) mass is 246 g/mol. The first-order valence-electron chi connectivity index (χ1n) is 5.04. The van der Waals surface area contributed by atoms with Gasteiger partial charge in [-0.05, 0) is 19.1 Å². The Morgan fingerprint density at radius 2 is 2.06 bits per heavy atom. The Kier molecular flexibility index (Phi) is 2.80. The zero-order valence-electron chi connectivity index (χ0n) is 9.49. The van der Waals surface area contributed by atoms with Gasteiger partial charge in [0, 0.05) is 11.9 Å². The molecule has 2 rings (SSSR count). The van der Waals surface area contributed by atoms with Crippen LogP contribution in [0.2, 0.25) is 0 Å². The zero-order chi connectivity index (χ0) is 13.3. The lowest BCUT2D eigenvalue weighted by Crippen LogP contribution is -2.09. The summed E-state index contributed by atoms with van der Waals surface area (Å²) < 4.78 is 1.31. The van der Waals surface area contributed by atoms with Gasteiger partial charge in [-0.25, -0.2) is 14.5 Å². The number of rotatable bonds is 3. The van der Waals surface area contributed by atoms with Gasteiger partial charge in [-0.2, -0.15) is 5.10 Å². The Hall–Kier alpha value is -2.70. The highest BCUT2D eigenvalue weighted by molar-refractivity contribution is 5.92. The highest BCUT2D eigenvalue weighted by atomic mass is 16.4. The molecule has 92 valence electrons. The topological polar surface area (TPSA) is 111 Å². The number of carbonyl (C=O) groups excluding carboxylic acids is 1. The average molecular weight is 246 g/mol. The molecule has 0 saturated carbocycles. The third-order valence-corrected chi connectivity index (χ3v) is 2.29.